The van der Waals surface area contributed by atoms with E-state index in [1.807, 2.05) is 44.6 Å². The van der Waals surface area contributed by atoms with E-state index in [4.69, 9.17) is 9.47 Å². The van der Waals surface area contributed by atoms with Crippen molar-refractivity contribution in [1.82, 2.24) is 4.98 Å². The third kappa shape index (κ3) is 2.86. The van der Waals surface area contributed by atoms with Crippen molar-refractivity contribution in [3.8, 4) is 11.5 Å². The normalized spacial score (nSPS) is 12.9. The second kappa shape index (κ2) is 5.91. The van der Waals surface area contributed by atoms with Gasteiger partial charge in [0.2, 0.25) is 0 Å². The van der Waals surface area contributed by atoms with Crippen LogP contribution in [0.2, 0.25) is 0 Å². The summed E-state index contributed by atoms with van der Waals surface area (Å²) in [6, 6.07) is 7.96. The lowest BCUT2D eigenvalue weighted by atomic mass is 10.1. The molecule has 21 heavy (non-hydrogen) atoms. The quantitative estimate of drug-likeness (QED) is 0.935. The molecule has 1 aliphatic rings. The van der Waals surface area contributed by atoms with E-state index in [0.29, 0.717) is 19.8 Å². The van der Waals surface area contributed by atoms with Crippen LogP contribution in [0.5, 0.6) is 11.5 Å². The summed E-state index contributed by atoms with van der Waals surface area (Å²) in [6.07, 6.45) is 3.63. The lowest BCUT2D eigenvalue weighted by Crippen LogP contribution is -2.17. The lowest BCUT2D eigenvalue weighted by molar-refractivity contribution is 0.170. The average molecular weight is 285 g/mol. The van der Waals surface area contributed by atoms with Crippen molar-refractivity contribution in [2.75, 3.05) is 37.5 Å². The maximum Gasteiger partial charge on any atom is 0.166 e. The second-order valence-electron chi connectivity index (χ2n) is 5.08. The van der Waals surface area contributed by atoms with Crippen molar-refractivity contribution < 1.29 is 9.47 Å². The fraction of sp³-hybridized carbons (Fsp3) is 0.312. The van der Waals surface area contributed by atoms with E-state index in [-0.39, 0.29) is 0 Å². The number of anilines is 2. The van der Waals surface area contributed by atoms with Gasteiger partial charge in [0, 0.05) is 32.4 Å². The van der Waals surface area contributed by atoms with Gasteiger partial charge < -0.3 is 19.7 Å². The van der Waals surface area contributed by atoms with E-state index >= 15 is 0 Å². The summed E-state index contributed by atoms with van der Waals surface area (Å²) in [5.74, 6) is 1.66. The third-order valence-electron chi connectivity index (χ3n) is 3.40. The molecule has 110 valence electrons. The van der Waals surface area contributed by atoms with Crippen LogP contribution in [0.25, 0.3) is 0 Å². The van der Waals surface area contributed by atoms with Crippen LogP contribution in [-0.4, -0.2) is 32.3 Å². The molecule has 0 fully saturated rings. The first-order valence-corrected chi connectivity index (χ1v) is 6.98. The van der Waals surface area contributed by atoms with Gasteiger partial charge in [0.1, 0.15) is 13.2 Å². The molecular formula is C16H19N3O2. The Hall–Kier alpha value is -2.43. The van der Waals surface area contributed by atoms with E-state index in [1.54, 1.807) is 6.20 Å². The van der Waals surface area contributed by atoms with Gasteiger partial charge >= 0.3 is 0 Å². The van der Waals surface area contributed by atoms with E-state index in [0.717, 1.165) is 28.4 Å². The first kappa shape index (κ1) is 13.5. The van der Waals surface area contributed by atoms with Crippen molar-refractivity contribution in [3.63, 3.8) is 0 Å². The van der Waals surface area contributed by atoms with Crippen molar-refractivity contribution in [2.45, 2.75) is 6.54 Å². The Morgan fingerprint density at radius 2 is 2.05 bits per heavy atom. The molecule has 0 amide bonds. The number of ether oxygens (including phenoxy) is 2. The van der Waals surface area contributed by atoms with Gasteiger partial charge in [-0.1, -0.05) is 12.1 Å². The Labute approximate surface area is 124 Å². The molecule has 1 aromatic carbocycles. The van der Waals surface area contributed by atoms with Crippen molar-refractivity contribution in [2.24, 2.45) is 0 Å². The fourth-order valence-electron chi connectivity index (χ4n) is 2.38. The Kier molecular flexibility index (Phi) is 3.81. The molecule has 0 radical (unpaired) electrons. The summed E-state index contributed by atoms with van der Waals surface area (Å²) >= 11 is 0. The highest BCUT2D eigenvalue weighted by Gasteiger charge is 2.15. The Bertz CT molecular complexity index is 629. The third-order valence-corrected chi connectivity index (χ3v) is 3.40. The standard InChI is InChI=1S/C16H19N3O2/c1-19(2)14-6-7-17-11-13(14)18-10-12-4-3-5-15-16(12)21-9-8-20-15/h3-7,11,18H,8-10H2,1-2H3. The van der Waals surface area contributed by atoms with E-state index in [2.05, 4.69) is 15.2 Å². The Morgan fingerprint density at radius 3 is 2.90 bits per heavy atom. The van der Waals surface area contributed by atoms with Crippen LogP contribution in [0.4, 0.5) is 11.4 Å². The topological polar surface area (TPSA) is 46.6 Å². The predicted octanol–water partition coefficient (Wildman–Crippen LogP) is 2.53. The molecule has 1 aliphatic heterocycles. The van der Waals surface area contributed by atoms with Gasteiger partial charge in [0.05, 0.1) is 17.6 Å². The molecule has 0 unspecified atom stereocenters. The summed E-state index contributed by atoms with van der Waals surface area (Å²) in [5, 5.41) is 3.42. The van der Waals surface area contributed by atoms with E-state index in [9.17, 15) is 0 Å². The number of nitrogens with one attached hydrogen (secondary N) is 1. The molecule has 0 aliphatic carbocycles. The highest BCUT2D eigenvalue weighted by Crippen LogP contribution is 2.34. The van der Waals surface area contributed by atoms with Crippen LogP contribution in [0.15, 0.2) is 36.7 Å². The number of fused-ring (bicyclic) bond motifs is 1. The molecule has 0 spiro atoms. The Morgan fingerprint density at radius 1 is 1.19 bits per heavy atom. The summed E-state index contributed by atoms with van der Waals surface area (Å²) in [6.45, 7) is 1.87. The fourth-order valence-corrected chi connectivity index (χ4v) is 2.38. The minimum atomic E-state index is 0.597. The number of para-hydroxylation sites is 1. The highest BCUT2D eigenvalue weighted by atomic mass is 16.6. The van der Waals surface area contributed by atoms with Crippen LogP contribution < -0.4 is 19.7 Å². The molecule has 0 atom stereocenters. The first-order chi connectivity index (χ1) is 10.3. The molecule has 2 heterocycles. The summed E-state index contributed by atoms with van der Waals surface area (Å²) in [7, 11) is 4.03. The average Bonchev–Trinajstić information content (AvgIpc) is 2.53. The van der Waals surface area contributed by atoms with Gasteiger partial charge in [-0.15, -0.1) is 0 Å². The number of hydrogen-bond acceptors (Lipinski definition) is 5. The number of nitrogens with zero attached hydrogens (tertiary/aromatic N) is 2. The van der Waals surface area contributed by atoms with Gasteiger partial charge in [-0.2, -0.15) is 0 Å². The summed E-state index contributed by atoms with van der Waals surface area (Å²) in [4.78, 5) is 6.24. The molecule has 0 saturated carbocycles. The number of aromatic nitrogens is 1. The van der Waals surface area contributed by atoms with Crippen LogP contribution >= 0.6 is 0 Å². The molecular weight excluding hydrogens is 266 g/mol. The molecule has 1 aromatic heterocycles. The number of pyridine rings is 1. The SMILES string of the molecule is CN(C)c1ccncc1NCc1cccc2c1OCCO2. The predicted molar refractivity (Wildman–Crippen MR) is 83.3 cm³/mol. The maximum atomic E-state index is 5.73. The van der Waals surface area contributed by atoms with Gasteiger partial charge in [-0.25, -0.2) is 0 Å². The second-order valence-corrected chi connectivity index (χ2v) is 5.08. The van der Waals surface area contributed by atoms with Gasteiger partial charge in [0.25, 0.3) is 0 Å². The van der Waals surface area contributed by atoms with Crippen LogP contribution in [0.3, 0.4) is 0 Å². The largest absolute Gasteiger partial charge is 0.486 e. The minimum Gasteiger partial charge on any atom is -0.486 e. The van der Waals surface area contributed by atoms with Crippen molar-refractivity contribution in [3.05, 3.63) is 42.2 Å². The summed E-state index contributed by atoms with van der Waals surface area (Å²) in [5.41, 5.74) is 3.18. The summed E-state index contributed by atoms with van der Waals surface area (Å²) < 4.78 is 11.3. The zero-order chi connectivity index (χ0) is 14.7. The molecule has 3 rings (SSSR count). The highest BCUT2D eigenvalue weighted by molar-refractivity contribution is 5.68. The van der Waals surface area contributed by atoms with Crippen LogP contribution in [0, 0.1) is 0 Å². The van der Waals surface area contributed by atoms with E-state index < -0.39 is 0 Å². The lowest BCUT2D eigenvalue weighted by Gasteiger charge is -2.22. The number of rotatable bonds is 4. The van der Waals surface area contributed by atoms with E-state index in [1.165, 1.54) is 0 Å². The van der Waals surface area contributed by atoms with Crippen LogP contribution in [-0.2, 0) is 6.54 Å². The minimum absolute atomic E-state index is 0.597. The molecule has 5 nitrogen and oxygen atoms in total. The zero-order valence-corrected chi connectivity index (χ0v) is 12.3. The first-order valence-electron chi connectivity index (χ1n) is 6.98. The number of benzene rings is 1. The van der Waals surface area contributed by atoms with Crippen molar-refractivity contribution >= 4 is 11.4 Å². The maximum absolute atomic E-state index is 5.73. The molecule has 1 N–H and O–H groups in total. The Balaban J connectivity index is 1.80. The molecule has 0 saturated heterocycles. The number of hydrogen-bond donors (Lipinski definition) is 1. The smallest absolute Gasteiger partial charge is 0.166 e. The monoisotopic (exact) mass is 285 g/mol. The van der Waals surface area contributed by atoms with Gasteiger partial charge in [-0.3, -0.25) is 4.98 Å². The molecule has 0 bridgehead atoms. The zero-order valence-electron chi connectivity index (χ0n) is 12.3. The van der Waals surface area contributed by atoms with Crippen LogP contribution in [0.1, 0.15) is 5.56 Å². The van der Waals surface area contributed by atoms with Crippen molar-refractivity contribution in [1.29, 1.82) is 0 Å². The molecule has 2 aromatic rings. The molecule has 5 heteroatoms. The van der Waals surface area contributed by atoms with Gasteiger partial charge in [0.15, 0.2) is 11.5 Å². The van der Waals surface area contributed by atoms with Gasteiger partial charge in [-0.05, 0) is 12.1 Å².